The quantitative estimate of drug-likeness (QED) is 0.817. The zero-order valence-corrected chi connectivity index (χ0v) is 15.0. The normalized spacial score (nSPS) is 18.3. The molecule has 1 fully saturated rings. The van der Waals surface area contributed by atoms with Gasteiger partial charge in [0.2, 0.25) is 0 Å². The summed E-state index contributed by atoms with van der Waals surface area (Å²) in [6.45, 7) is 7.24. The Hall–Kier alpha value is -0.170. The predicted octanol–water partition coefficient (Wildman–Crippen LogP) is 2.86. The fourth-order valence-electron chi connectivity index (χ4n) is 2.78. The lowest BCUT2D eigenvalue weighted by Gasteiger charge is -2.39. The van der Waals surface area contributed by atoms with Gasteiger partial charge < -0.3 is 10.6 Å². The number of nitrogens with two attached hydrogens (primary N) is 1. The van der Waals surface area contributed by atoms with Crippen molar-refractivity contribution in [2.45, 2.75) is 25.8 Å². The van der Waals surface area contributed by atoms with Gasteiger partial charge in [-0.2, -0.15) is 0 Å². The molecule has 2 N–H and O–H groups in total. The molecule has 112 valence electrons. The summed E-state index contributed by atoms with van der Waals surface area (Å²) in [7, 11) is 0. The van der Waals surface area contributed by atoms with E-state index in [0.29, 0.717) is 6.04 Å². The lowest BCUT2D eigenvalue weighted by molar-refractivity contribution is 0.173. The van der Waals surface area contributed by atoms with E-state index in [0.717, 1.165) is 53.9 Å². The first kappa shape index (κ1) is 16.2. The molecular formula is C14H22Br2N4. The van der Waals surface area contributed by atoms with Crippen LogP contribution in [0.4, 0.5) is 5.82 Å². The second-order valence-corrected chi connectivity index (χ2v) is 6.89. The summed E-state index contributed by atoms with van der Waals surface area (Å²) in [6, 6.07) is 2.68. The predicted molar refractivity (Wildman–Crippen MR) is 91.2 cm³/mol. The molecule has 0 aliphatic carbocycles. The minimum atomic E-state index is 0.628. The lowest BCUT2D eigenvalue weighted by Crippen LogP contribution is -2.51. The highest BCUT2D eigenvalue weighted by Crippen LogP contribution is 2.27. The van der Waals surface area contributed by atoms with Crippen molar-refractivity contribution >= 4 is 37.7 Å². The second-order valence-electron chi connectivity index (χ2n) is 5.12. The molecule has 2 heterocycles. The number of hydrogen-bond acceptors (Lipinski definition) is 4. The minimum absolute atomic E-state index is 0.628. The molecular weight excluding hydrogens is 384 g/mol. The highest BCUT2D eigenvalue weighted by atomic mass is 79.9. The lowest BCUT2D eigenvalue weighted by atomic mass is 10.1. The van der Waals surface area contributed by atoms with E-state index in [1.807, 2.05) is 6.20 Å². The van der Waals surface area contributed by atoms with E-state index < -0.39 is 0 Å². The van der Waals surface area contributed by atoms with Gasteiger partial charge in [-0.25, -0.2) is 4.98 Å². The SMILES string of the molecule is CCC(CCN)N1CCN(c2ncc(Br)cc2Br)CC1. The van der Waals surface area contributed by atoms with Crippen LogP contribution in [-0.4, -0.2) is 48.6 Å². The molecule has 0 saturated carbocycles. The van der Waals surface area contributed by atoms with Crippen LogP contribution in [0.25, 0.3) is 0 Å². The Bertz CT molecular complexity index is 433. The number of aromatic nitrogens is 1. The summed E-state index contributed by atoms with van der Waals surface area (Å²) in [5.41, 5.74) is 5.71. The molecule has 1 aromatic heterocycles. The molecule has 0 radical (unpaired) electrons. The average Bonchev–Trinajstić information content (AvgIpc) is 2.45. The van der Waals surface area contributed by atoms with E-state index in [1.165, 1.54) is 6.42 Å². The molecule has 1 saturated heterocycles. The van der Waals surface area contributed by atoms with Crippen molar-refractivity contribution in [2.24, 2.45) is 5.73 Å². The molecule has 1 atom stereocenters. The van der Waals surface area contributed by atoms with Crippen molar-refractivity contribution in [1.82, 2.24) is 9.88 Å². The van der Waals surface area contributed by atoms with Gasteiger partial charge in [0.25, 0.3) is 0 Å². The first-order chi connectivity index (χ1) is 9.65. The van der Waals surface area contributed by atoms with Crippen LogP contribution in [-0.2, 0) is 0 Å². The van der Waals surface area contributed by atoms with Crippen LogP contribution >= 0.6 is 31.9 Å². The Morgan fingerprint density at radius 2 is 2.00 bits per heavy atom. The smallest absolute Gasteiger partial charge is 0.143 e. The van der Waals surface area contributed by atoms with Crippen molar-refractivity contribution in [2.75, 3.05) is 37.6 Å². The van der Waals surface area contributed by atoms with Gasteiger partial charge in [0, 0.05) is 42.9 Å². The van der Waals surface area contributed by atoms with E-state index >= 15 is 0 Å². The number of halogens is 2. The highest BCUT2D eigenvalue weighted by molar-refractivity contribution is 9.11. The summed E-state index contributed by atoms with van der Waals surface area (Å²) < 4.78 is 2.05. The summed E-state index contributed by atoms with van der Waals surface area (Å²) >= 11 is 7.05. The van der Waals surface area contributed by atoms with Crippen molar-refractivity contribution in [3.63, 3.8) is 0 Å². The summed E-state index contributed by atoms with van der Waals surface area (Å²) in [5.74, 6) is 1.04. The van der Waals surface area contributed by atoms with E-state index in [9.17, 15) is 0 Å². The van der Waals surface area contributed by atoms with Crippen LogP contribution in [0.5, 0.6) is 0 Å². The van der Waals surface area contributed by atoms with Gasteiger partial charge in [0.05, 0.1) is 4.47 Å². The van der Waals surface area contributed by atoms with E-state index in [4.69, 9.17) is 5.73 Å². The van der Waals surface area contributed by atoms with Crippen LogP contribution in [0, 0.1) is 0 Å². The zero-order chi connectivity index (χ0) is 14.5. The van der Waals surface area contributed by atoms with Gasteiger partial charge in [-0.3, -0.25) is 4.90 Å². The Balaban J connectivity index is 1.97. The van der Waals surface area contributed by atoms with Gasteiger partial charge in [-0.1, -0.05) is 6.92 Å². The van der Waals surface area contributed by atoms with Crippen LogP contribution in [0.1, 0.15) is 19.8 Å². The van der Waals surface area contributed by atoms with Crippen LogP contribution in [0.15, 0.2) is 21.2 Å². The Kier molecular flexibility index (Phi) is 6.26. The third-order valence-electron chi connectivity index (χ3n) is 3.89. The topological polar surface area (TPSA) is 45.4 Å². The molecule has 20 heavy (non-hydrogen) atoms. The fraction of sp³-hybridized carbons (Fsp3) is 0.643. The fourth-order valence-corrected chi connectivity index (χ4v) is 4.01. The van der Waals surface area contributed by atoms with Gasteiger partial charge >= 0.3 is 0 Å². The Morgan fingerprint density at radius 3 is 2.55 bits per heavy atom. The molecule has 0 bridgehead atoms. The highest BCUT2D eigenvalue weighted by Gasteiger charge is 2.23. The standard InChI is InChI=1S/C14H22Br2N4/c1-2-12(3-4-17)19-5-7-20(8-6-19)14-13(16)9-11(15)10-18-14/h9-10,12H,2-8,17H2,1H3. The van der Waals surface area contributed by atoms with Crippen LogP contribution in [0.2, 0.25) is 0 Å². The molecule has 0 spiro atoms. The largest absolute Gasteiger partial charge is 0.353 e. The molecule has 0 aromatic carbocycles. The minimum Gasteiger partial charge on any atom is -0.353 e. The van der Waals surface area contributed by atoms with E-state index in [2.05, 4.69) is 59.6 Å². The third kappa shape index (κ3) is 3.93. The first-order valence-electron chi connectivity index (χ1n) is 7.15. The number of piperazine rings is 1. The number of rotatable bonds is 5. The molecule has 1 aromatic rings. The van der Waals surface area contributed by atoms with E-state index in [1.54, 1.807) is 0 Å². The molecule has 1 aliphatic heterocycles. The van der Waals surface area contributed by atoms with Crippen molar-refractivity contribution in [1.29, 1.82) is 0 Å². The Morgan fingerprint density at radius 1 is 1.30 bits per heavy atom. The van der Waals surface area contributed by atoms with Gasteiger partial charge in [0.15, 0.2) is 0 Å². The Labute approximate surface area is 138 Å². The summed E-state index contributed by atoms with van der Waals surface area (Å²) in [4.78, 5) is 9.44. The van der Waals surface area contributed by atoms with Crippen molar-refractivity contribution in [3.8, 4) is 0 Å². The van der Waals surface area contributed by atoms with E-state index in [-0.39, 0.29) is 0 Å². The number of nitrogens with zero attached hydrogens (tertiary/aromatic N) is 3. The van der Waals surface area contributed by atoms with Gasteiger partial charge in [-0.05, 0) is 57.3 Å². The third-order valence-corrected chi connectivity index (χ3v) is 4.91. The van der Waals surface area contributed by atoms with Gasteiger partial charge in [0.1, 0.15) is 5.82 Å². The second kappa shape index (κ2) is 7.73. The first-order valence-corrected chi connectivity index (χ1v) is 8.74. The zero-order valence-electron chi connectivity index (χ0n) is 11.9. The molecule has 0 amide bonds. The number of anilines is 1. The van der Waals surface area contributed by atoms with Gasteiger partial charge in [-0.15, -0.1) is 0 Å². The van der Waals surface area contributed by atoms with Crippen LogP contribution in [0.3, 0.4) is 0 Å². The molecule has 2 rings (SSSR count). The maximum Gasteiger partial charge on any atom is 0.143 e. The van der Waals surface area contributed by atoms with Crippen LogP contribution < -0.4 is 10.6 Å². The summed E-state index contributed by atoms with van der Waals surface area (Å²) in [6.07, 6.45) is 4.13. The van der Waals surface area contributed by atoms with Crippen molar-refractivity contribution in [3.05, 3.63) is 21.2 Å². The monoisotopic (exact) mass is 404 g/mol. The maximum absolute atomic E-state index is 5.71. The number of pyridine rings is 1. The average molecular weight is 406 g/mol. The molecule has 6 heteroatoms. The molecule has 1 unspecified atom stereocenters. The molecule has 4 nitrogen and oxygen atoms in total. The summed E-state index contributed by atoms with van der Waals surface area (Å²) in [5, 5.41) is 0. The maximum atomic E-state index is 5.71. The number of hydrogen-bond donors (Lipinski definition) is 1. The molecule has 1 aliphatic rings. The van der Waals surface area contributed by atoms with Crippen molar-refractivity contribution < 1.29 is 0 Å².